The second-order valence-electron chi connectivity index (χ2n) is 6.33. The van der Waals surface area contributed by atoms with Crippen molar-refractivity contribution in [2.75, 3.05) is 0 Å². The van der Waals surface area contributed by atoms with E-state index in [0.29, 0.717) is 0 Å². The molecular formula is C16H21F3N2O. The van der Waals surface area contributed by atoms with Crippen LogP contribution in [0.4, 0.5) is 13.2 Å². The van der Waals surface area contributed by atoms with Gasteiger partial charge in [0.2, 0.25) is 5.91 Å². The van der Waals surface area contributed by atoms with Crippen LogP contribution in [0.2, 0.25) is 0 Å². The molecule has 0 saturated carbocycles. The third-order valence-corrected chi connectivity index (χ3v) is 3.86. The maximum absolute atomic E-state index is 13.7. The van der Waals surface area contributed by atoms with Crippen molar-refractivity contribution in [2.24, 2.45) is 0 Å². The fourth-order valence-electron chi connectivity index (χ4n) is 2.91. The Bertz CT molecular complexity index is 555. The first-order valence-corrected chi connectivity index (χ1v) is 7.39. The molecule has 22 heavy (non-hydrogen) atoms. The number of halogens is 3. The molecular weight excluding hydrogens is 293 g/mol. The van der Waals surface area contributed by atoms with E-state index in [9.17, 15) is 18.0 Å². The van der Waals surface area contributed by atoms with Gasteiger partial charge in [0.1, 0.15) is 0 Å². The van der Waals surface area contributed by atoms with Gasteiger partial charge < -0.3 is 0 Å². The Morgan fingerprint density at radius 1 is 1.36 bits per heavy atom. The molecule has 0 aliphatic carbocycles. The Balaban J connectivity index is 2.43. The lowest BCUT2D eigenvalue weighted by atomic mass is 9.95. The highest BCUT2D eigenvalue weighted by Crippen LogP contribution is 2.42. The van der Waals surface area contributed by atoms with E-state index in [4.69, 9.17) is 0 Å². The number of carbonyl (C=O) groups excluding carboxylic acids is 1. The second-order valence-corrected chi connectivity index (χ2v) is 6.33. The molecule has 1 aromatic carbocycles. The summed E-state index contributed by atoms with van der Waals surface area (Å²) in [7, 11) is 0. The molecule has 0 bridgehead atoms. The van der Waals surface area contributed by atoms with E-state index in [2.05, 4.69) is 5.43 Å². The van der Waals surface area contributed by atoms with Gasteiger partial charge in [-0.1, -0.05) is 37.6 Å². The first-order chi connectivity index (χ1) is 10.1. The summed E-state index contributed by atoms with van der Waals surface area (Å²) in [6.07, 6.45) is -2.83. The molecule has 3 nitrogen and oxygen atoms in total. The Hall–Kier alpha value is -1.56. The standard InChI is InChI=1S/C16H21F3N2O/c1-4-6-11-7-5-8-12(9-11)14(16(17,18)19)21-15(2,3)10-13(22)20-21/h5,7-9,14H,4,6,10H2,1-3H3,(H,20,22). The van der Waals surface area contributed by atoms with Crippen LogP contribution in [-0.2, 0) is 11.2 Å². The number of hydrogen-bond donors (Lipinski definition) is 1. The Morgan fingerprint density at radius 3 is 2.55 bits per heavy atom. The van der Waals surface area contributed by atoms with Crippen molar-refractivity contribution in [3.63, 3.8) is 0 Å². The number of aryl methyl sites for hydroxylation is 1. The molecule has 1 amide bonds. The van der Waals surface area contributed by atoms with Crippen LogP contribution < -0.4 is 5.43 Å². The summed E-state index contributed by atoms with van der Waals surface area (Å²) in [6, 6.07) is 4.68. The highest BCUT2D eigenvalue weighted by atomic mass is 19.4. The Kier molecular flexibility index (Phi) is 4.52. The molecule has 1 unspecified atom stereocenters. The molecule has 1 N–H and O–H groups in total. The van der Waals surface area contributed by atoms with Crippen molar-refractivity contribution in [2.45, 2.75) is 57.8 Å². The lowest BCUT2D eigenvalue weighted by Crippen LogP contribution is -2.51. The number of nitrogens with zero attached hydrogens (tertiary/aromatic N) is 1. The summed E-state index contributed by atoms with van der Waals surface area (Å²) < 4.78 is 41.0. The number of amides is 1. The summed E-state index contributed by atoms with van der Waals surface area (Å²) in [5, 5.41) is 1.04. The zero-order chi connectivity index (χ0) is 16.5. The van der Waals surface area contributed by atoms with Crippen molar-refractivity contribution in [1.29, 1.82) is 0 Å². The summed E-state index contributed by atoms with van der Waals surface area (Å²) in [5.41, 5.74) is 2.52. The molecule has 0 aromatic heterocycles. The Morgan fingerprint density at radius 2 is 2.05 bits per heavy atom. The van der Waals surface area contributed by atoms with Gasteiger partial charge >= 0.3 is 6.18 Å². The van der Waals surface area contributed by atoms with Crippen molar-refractivity contribution in [3.05, 3.63) is 35.4 Å². The minimum Gasteiger partial charge on any atom is -0.287 e. The van der Waals surface area contributed by atoms with Crippen molar-refractivity contribution < 1.29 is 18.0 Å². The van der Waals surface area contributed by atoms with Gasteiger partial charge in [-0.15, -0.1) is 0 Å². The van der Waals surface area contributed by atoms with Crippen molar-refractivity contribution in [3.8, 4) is 0 Å². The minimum absolute atomic E-state index is 0.0498. The first-order valence-electron chi connectivity index (χ1n) is 7.39. The molecule has 2 rings (SSSR count). The number of carbonyl (C=O) groups is 1. The van der Waals surface area contributed by atoms with Gasteiger partial charge in [-0.25, -0.2) is 0 Å². The predicted molar refractivity (Wildman–Crippen MR) is 77.9 cm³/mol. The smallest absolute Gasteiger partial charge is 0.287 e. The van der Waals surface area contributed by atoms with E-state index in [1.165, 1.54) is 6.07 Å². The molecule has 1 aliphatic heterocycles. The first kappa shape index (κ1) is 16.8. The summed E-state index contributed by atoms with van der Waals surface area (Å²) in [6.45, 7) is 5.26. The summed E-state index contributed by atoms with van der Waals surface area (Å²) >= 11 is 0. The fourth-order valence-corrected chi connectivity index (χ4v) is 2.91. The van der Waals surface area contributed by atoms with Crippen LogP contribution in [0.1, 0.15) is 50.8 Å². The summed E-state index contributed by atoms with van der Waals surface area (Å²) in [5.74, 6) is -0.385. The lowest BCUT2D eigenvalue weighted by molar-refractivity contribution is -0.203. The highest BCUT2D eigenvalue weighted by molar-refractivity contribution is 5.79. The monoisotopic (exact) mass is 314 g/mol. The molecule has 1 saturated heterocycles. The van der Waals surface area contributed by atoms with Crippen LogP contribution in [0.3, 0.4) is 0 Å². The number of rotatable bonds is 4. The van der Waals surface area contributed by atoms with Gasteiger partial charge in [0.05, 0.1) is 0 Å². The van der Waals surface area contributed by atoms with Crippen LogP contribution in [0.25, 0.3) is 0 Å². The lowest BCUT2D eigenvalue weighted by Gasteiger charge is -2.38. The predicted octanol–water partition coefficient (Wildman–Crippen LogP) is 3.76. The SMILES string of the molecule is CCCc1cccc(C(N2NC(=O)CC2(C)C)C(F)(F)F)c1. The molecule has 0 spiro atoms. The molecule has 122 valence electrons. The largest absolute Gasteiger partial charge is 0.409 e. The van der Waals surface area contributed by atoms with Crippen molar-refractivity contribution in [1.82, 2.24) is 10.4 Å². The zero-order valence-electron chi connectivity index (χ0n) is 13.0. The molecule has 6 heteroatoms. The molecule has 1 heterocycles. The quantitative estimate of drug-likeness (QED) is 0.918. The second kappa shape index (κ2) is 5.91. The van der Waals surface area contributed by atoms with Crippen LogP contribution in [0.15, 0.2) is 24.3 Å². The van der Waals surface area contributed by atoms with Gasteiger partial charge in [0.25, 0.3) is 0 Å². The van der Waals surface area contributed by atoms with Gasteiger partial charge in [-0.05, 0) is 31.4 Å². The minimum atomic E-state index is -4.47. The van der Waals surface area contributed by atoms with E-state index >= 15 is 0 Å². The number of benzene rings is 1. The van der Waals surface area contributed by atoms with Crippen LogP contribution in [0.5, 0.6) is 0 Å². The third kappa shape index (κ3) is 3.43. The Labute approximate surface area is 128 Å². The van der Waals surface area contributed by atoms with E-state index in [0.717, 1.165) is 23.4 Å². The maximum Gasteiger partial charge on any atom is 0.409 e. The number of hydrogen-bond acceptors (Lipinski definition) is 2. The van der Waals surface area contributed by atoms with Crippen LogP contribution in [0, 0.1) is 0 Å². The highest BCUT2D eigenvalue weighted by Gasteiger charge is 2.52. The fraction of sp³-hybridized carbons (Fsp3) is 0.562. The van der Waals surface area contributed by atoms with Gasteiger partial charge in [-0.2, -0.15) is 18.2 Å². The molecule has 1 atom stereocenters. The number of hydrazine groups is 1. The average molecular weight is 314 g/mol. The summed E-state index contributed by atoms with van der Waals surface area (Å²) in [4.78, 5) is 11.6. The number of nitrogens with one attached hydrogen (secondary N) is 1. The molecule has 1 fully saturated rings. The van der Waals surface area contributed by atoms with E-state index in [-0.39, 0.29) is 17.9 Å². The number of alkyl halides is 3. The van der Waals surface area contributed by atoms with Gasteiger partial charge in [0, 0.05) is 12.0 Å². The molecule has 1 aromatic rings. The van der Waals surface area contributed by atoms with Crippen molar-refractivity contribution >= 4 is 5.91 Å². The normalized spacial score (nSPS) is 20.0. The third-order valence-electron chi connectivity index (χ3n) is 3.86. The van der Waals surface area contributed by atoms with Gasteiger partial charge in [0.15, 0.2) is 6.04 Å². The maximum atomic E-state index is 13.7. The van der Waals surface area contributed by atoms with E-state index in [1.807, 2.05) is 13.0 Å². The van der Waals surface area contributed by atoms with Crippen LogP contribution >= 0.6 is 0 Å². The molecule has 1 aliphatic rings. The van der Waals surface area contributed by atoms with Gasteiger partial charge in [-0.3, -0.25) is 10.2 Å². The zero-order valence-corrected chi connectivity index (χ0v) is 13.0. The molecule has 0 radical (unpaired) electrons. The van der Waals surface area contributed by atoms with E-state index < -0.39 is 17.8 Å². The average Bonchev–Trinajstić information content (AvgIpc) is 2.62. The van der Waals surface area contributed by atoms with Crippen LogP contribution in [-0.4, -0.2) is 22.6 Å². The topological polar surface area (TPSA) is 32.3 Å². The van der Waals surface area contributed by atoms with E-state index in [1.54, 1.807) is 26.0 Å².